The highest BCUT2D eigenvalue weighted by Crippen LogP contribution is 2.19. The Labute approximate surface area is 149 Å². The van der Waals surface area contributed by atoms with E-state index in [1.807, 2.05) is 45.9 Å². The lowest BCUT2D eigenvalue weighted by Gasteiger charge is -2.13. The van der Waals surface area contributed by atoms with Crippen LogP contribution in [0.2, 0.25) is 0 Å². The van der Waals surface area contributed by atoms with E-state index in [9.17, 15) is 13.2 Å². The van der Waals surface area contributed by atoms with Crippen LogP contribution in [0.5, 0.6) is 0 Å². The van der Waals surface area contributed by atoms with Crippen LogP contribution >= 0.6 is 0 Å². The van der Waals surface area contributed by atoms with E-state index in [4.69, 9.17) is 0 Å². The molecule has 0 fully saturated rings. The number of hydrogen-bond acceptors (Lipinski definition) is 3. The van der Waals surface area contributed by atoms with E-state index in [2.05, 4.69) is 10.0 Å². The fraction of sp³-hybridized carbons (Fsp3) is 0.316. The Kier molecular flexibility index (Phi) is 5.98. The molecule has 0 aliphatic carbocycles. The molecule has 2 rings (SSSR count). The van der Waals surface area contributed by atoms with E-state index in [0.717, 1.165) is 16.8 Å². The van der Waals surface area contributed by atoms with Crippen LogP contribution < -0.4 is 10.0 Å². The van der Waals surface area contributed by atoms with Crippen LogP contribution in [0.3, 0.4) is 0 Å². The van der Waals surface area contributed by atoms with Crippen molar-refractivity contribution in [3.63, 3.8) is 0 Å². The highest BCUT2D eigenvalue weighted by atomic mass is 32.2. The predicted octanol–water partition coefficient (Wildman–Crippen LogP) is 3.63. The molecule has 0 saturated carbocycles. The van der Waals surface area contributed by atoms with Crippen LogP contribution in [0, 0.1) is 13.8 Å². The minimum atomic E-state index is -3.57. The molecule has 0 spiro atoms. The standard InChI is InChI=1S/C19H24N2O3S/c1-5-14(3)21-25(23,24)17-11-9-16(10-12-17)19(22)20-18-8-6-7-13(2)15(18)4/h6-12,14,21H,5H2,1-4H3,(H,20,22)/t14-/m0/s1. The molecule has 0 aliphatic heterocycles. The van der Waals surface area contributed by atoms with Gasteiger partial charge in [-0.2, -0.15) is 0 Å². The molecule has 2 aromatic rings. The zero-order valence-corrected chi connectivity index (χ0v) is 15.8. The van der Waals surface area contributed by atoms with Gasteiger partial charge in [0.1, 0.15) is 0 Å². The van der Waals surface area contributed by atoms with Crippen molar-refractivity contribution in [2.24, 2.45) is 0 Å². The molecule has 0 aromatic heterocycles. The second-order valence-electron chi connectivity index (χ2n) is 6.16. The molecule has 6 heteroatoms. The Hall–Kier alpha value is -2.18. The summed E-state index contributed by atoms with van der Waals surface area (Å²) in [5, 5.41) is 2.86. The Morgan fingerprint density at radius 3 is 2.32 bits per heavy atom. The summed E-state index contributed by atoms with van der Waals surface area (Å²) < 4.78 is 27.1. The average molecular weight is 360 g/mol. The molecule has 0 unspecified atom stereocenters. The first-order valence-electron chi connectivity index (χ1n) is 8.24. The van der Waals surface area contributed by atoms with Gasteiger partial charge in [0.15, 0.2) is 0 Å². The minimum Gasteiger partial charge on any atom is -0.322 e. The lowest BCUT2D eigenvalue weighted by Crippen LogP contribution is -2.32. The van der Waals surface area contributed by atoms with Gasteiger partial charge in [-0.05, 0) is 68.7 Å². The van der Waals surface area contributed by atoms with E-state index in [0.29, 0.717) is 12.0 Å². The number of rotatable bonds is 6. The number of benzene rings is 2. The van der Waals surface area contributed by atoms with Crippen molar-refractivity contribution in [2.45, 2.75) is 45.1 Å². The number of amides is 1. The summed E-state index contributed by atoms with van der Waals surface area (Å²) in [6, 6.07) is 11.5. The van der Waals surface area contributed by atoms with Crippen LogP contribution in [-0.4, -0.2) is 20.4 Å². The van der Waals surface area contributed by atoms with Gasteiger partial charge in [0.05, 0.1) is 4.90 Å². The lowest BCUT2D eigenvalue weighted by atomic mass is 10.1. The first-order chi connectivity index (χ1) is 11.7. The lowest BCUT2D eigenvalue weighted by molar-refractivity contribution is 0.102. The number of hydrogen-bond donors (Lipinski definition) is 2. The second kappa shape index (κ2) is 7.80. The van der Waals surface area contributed by atoms with Crippen LogP contribution in [0.25, 0.3) is 0 Å². The van der Waals surface area contributed by atoms with Gasteiger partial charge in [-0.3, -0.25) is 4.79 Å². The first kappa shape index (κ1) is 19.1. The normalized spacial score (nSPS) is 12.6. The third-order valence-electron chi connectivity index (χ3n) is 4.25. The van der Waals surface area contributed by atoms with Gasteiger partial charge in [-0.1, -0.05) is 19.1 Å². The fourth-order valence-electron chi connectivity index (χ4n) is 2.28. The zero-order chi connectivity index (χ0) is 18.6. The number of aryl methyl sites for hydroxylation is 1. The van der Waals surface area contributed by atoms with Gasteiger partial charge < -0.3 is 5.32 Å². The molecule has 134 valence electrons. The summed E-state index contributed by atoms with van der Waals surface area (Å²) in [6.07, 6.45) is 0.704. The van der Waals surface area contributed by atoms with Crippen molar-refractivity contribution in [3.8, 4) is 0 Å². The van der Waals surface area contributed by atoms with Crippen LogP contribution in [0.15, 0.2) is 47.4 Å². The Morgan fingerprint density at radius 2 is 1.72 bits per heavy atom. The molecule has 2 aromatic carbocycles. The molecular weight excluding hydrogens is 336 g/mol. The number of nitrogens with one attached hydrogen (secondary N) is 2. The molecule has 0 heterocycles. The molecule has 0 bridgehead atoms. The zero-order valence-electron chi connectivity index (χ0n) is 15.0. The molecule has 1 atom stereocenters. The molecule has 5 nitrogen and oxygen atoms in total. The van der Waals surface area contributed by atoms with E-state index in [1.165, 1.54) is 24.3 Å². The number of sulfonamides is 1. The average Bonchev–Trinajstić information content (AvgIpc) is 2.58. The monoisotopic (exact) mass is 360 g/mol. The summed E-state index contributed by atoms with van der Waals surface area (Å²) in [5.74, 6) is -0.271. The van der Waals surface area contributed by atoms with Gasteiger partial charge in [0.25, 0.3) is 5.91 Å². The van der Waals surface area contributed by atoms with E-state index >= 15 is 0 Å². The molecule has 25 heavy (non-hydrogen) atoms. The van der Waals surface area contributed by atoms with E-state index in [1.54, 1.807) is 0 Å². The van der Waals surface area contributed by atoms with Gasteiger partial charge in [0, 0.05) is 17.3 Å². The smallest absolute Gasteiger partial charge is 0.255 e. The summed E-state index contributed by atoms with van der Waals surface area (Å²) in [7, 11) is -3.57. The molecular formula is C19H24N2O3S. The minimum absolute atomic E-state index is 0.141. The van der Waals surface area contributed by atoms with Gasteiger partial charge >= 0.3 is 0 Å². The quantitative estimate of drug-likeness (QED) is 0.826. The highest BCUT2D eigenvalue weighted by Gasteiger charge is 2.17. The fourth-order valence-corrected chi connectivity index (χ4v) is 3.61. The van der Waals surface area contributed by atoms with E-state index in [-0.39, 0.29) is 16.8 Å². The molecule has 2 N–H and O–H groups in total. The first-order valence-corrected chi connectivity index (χ1v) is 9.73. The SMILES string of the molecule is CC[C@H](C)NS(=O)(=O)c1ccc(C(=O)Nc2cccc(C)c2C)cc1. The van der Waals surface area contributed by atoms with Crippen LogP contribution in [0.4, 0.5) is 5.69 Å². The Bertz CT molecular complexity index is 859. The van der Waals surface area contributed by atoms with Crippen molar-refractivity contribution in [3.05, 3.63) is 59.2 Å². The third-order valence-corrected chi connectivity index (χ3v) is 5.85. The maximum absolute atomic E-state index is 12.4. The maximum atomic E-state index is 12.4. The summed E-state index contributed by atoms with van der Waals surface area (Å²) in [6.45, 7) is 7.65. The number of anilines is 1. The van der Waals surface area contributed by atoms with Crippen molar-refractivity contribution in [1.29, 1.82) is 0 Å². The van der Waals surface area contributed by atoms with Gasteiger partial charge in [0.2, 0.25) is 10.0 Å². The highest BCUT2D eigenvalue weighted by molar-refractivity contribution is 7.89. The van der Waals surface area contributed by atoms with Crippen LogP contribution in [-0.2, 0) is 10.0 Å². The Morgan fingerprint density at radius 1 is 1.08 bits per heavy atom. The Balaban J connectivity index is 2.16. The van der Waals surface area contributed by atoms with E-state index < -0.39 is 10.0 Å². The van der Waals surface area contributed by atoms with Gasteiger partial charge in [-0.15, -0.1) is 0 Å². The predicted molar refractivity (Wildman–Crippen MR) is 100 cm³/mol. The second-order valence-corrected chi connectivity index (χ2v) is 7.87. The summed E-state index contributed by atoms with van der Waals surface area (Å²) in [4.78, 5) is 12.5. The van der Waals surface area contributed by atoms with Crippen molar-refractivity contribution < 1.29 is 13.2 Å². The number of carbonyl (C=O) groups is 1. The summed E-state index contributed by atoms with van der Waals surface area (Å²) >= 11 is 0. The van der Waals surface area contributed by atoms with Crippen molar-refractivity contribution >= 4 is 21.6 Å². The molecule has 1 amide bonds. The van der Waals surface area contributed by atoms with Crippen molar-refractivity contribution in [1.82, 2.24) is 4.72 Å². The van der Waals surface area contributed by atoms with Crippen LogP contribution in [0.1, 0.15) is 41.8 Å². The third kappa shape index (κ3) is 4.67. The molecule has 0 saturated heterocycles. The van der Waals surface area contributed by atoms with Crippen molar-refractivity contribution in [2.75, 3.05) is 5.32 Å². The number of carbonyl (C=O) groups excluding carboxylic acids is 1. The molecule has 0 aliphatic rings. The summed E-state index contributed by atoms with van der Waals surface area (Å²) in [5.41, 5.74) is 3.26. The van der Waals surface area contributed by atoms with Gasteiger partial charge in [-0.25, -0.2) is 13.1 Å². The topological polar surface area (TPSA) is 75.3 Å². The maximum Gasteiger partial charge on any atom is 0.255 e. The molecule has 0 radical (unpaired) electrons. The largest absolute Gasteiger partial charge is 0.322 e.